The van der Waals surface area contributed by atoms with Crippen LogP contribution in [0, 0.1) is 0 Å². The second kappa shape index (κ2) is 6.98. The van der Waals surface area contributed by atoms with E-state index in [2.05, 4.69) is 9.88 Å². The predicted molar refractivity (Wildman–Crippen MR) is 80.4 cm³/mol. The molecule has 0 radical (unpaired) electrons. The number of carbonyl (C=O) groups is 1. The number of thiazole rings is 1. The molecular weight excluding hydrogens is 272 g/mol. The van der Waals surface area contributed by atoms with Crippen LogP contribution in [-0.4, -0.2) is 28.0 Å². The number of carboxylic acid groups (broad SMARTS) is 1. The predicted octanol–water partition coefficient (Wildman–Crippen LogP) is 2.87. The van der Waals surface area contributed by atoms with Gasteiger partial charge in [0, 0.05) is 24.5 Å². The van der Waals surface area contributed by atoms with Gasteiger partial charge in [-0.2, -0.15) is 0 Å². The van der Waals surface area contributed by atoms with Crippen LogP contribution in [0.5, 0.6) is 0 Å². The van der Waals surface area contributed by atoms with E-state index in [0.29, 0.717) is 0 Å². The minimum Gasteiger partial charge on any atom is -0.478 e. The standard InChI is InChI=1S/C15H16N2O2S/c1-17(9-14-10-20-11-16-14)8-13-5-3-2-4-12(13)6-7-15(18)19/h2-7,10-11H,8-9H2,1H3,(H,18,19). The quantitative estimate of drug-likeness (QED) is 0.830. The number of aliphatic carboxylic acids is 1. The number of aromatic nitrogens is 1. The van der Waals surface area contributed by atoms with Gasteiger partial charge < -0.3 is 5.11 Å². The lowest BCUT2D eigenvalue weighted by Gasteiger charge is -2.16. The zero-order valence-corrected chi connectivity index (χ0v) is 12.0. The number of hydrogen-bond donors (Lipinski definition) is 1. The summed E-state index contributed by atoms with van der Waals surface area (Å²) in [4.78, 5) is 17.0. The maximum Gasteiger partial charge on any atom is 0.328 e. The van der Waals surface area contributed by atoms with Crippen LogP contribution in [0.2, 0.25) is 0 Å². The number of carboxylic acids is 1. The molecule has 0 aliphatic rings. The molecule has 5 heteroatoms. The topological polar surface area (TPSA) is 53.4 Å². The molecule has 0 saturated carbocycles. The molecule has 0 atom stereocenters. The molecule has 1 aromatic carbocycles. The molecule has 0 unspecified atom stereocenters. The number of nitrogens with zero attached hydrogens (tertiary/aromatic N) is 2. The van der Waals surface area contributed by atoms with Gasteiger partial charge in [-0.25, -0.2) is 9.78 Å². The number of hydrogen-bond acceptors (Lipinski definition) is 4. The molecule has 4 nitrogen and oxygen atoms in total. The summed E-state index contributed by atoms with van der Waals surface area (Å²) in [5.74, 6) is -0.935. The minimum atomic E-state index is -0.935. The van der Waals surface area contributed by atoms with E-state index in [0.717, 1.165) is 29.9 Å². The molecule has 0 aliphatic carbocycles. The first kappa shape index (κ1) is 14.4. The van der Waals surface area contributed by atoms with E-state index in [1.54, 1.807) is 17.4 Å². The van der Waals surface area contributed by atoms with Crippen molar-refractivity contribution in [2.75, 3.05) is 7.05 Å². The lowest BCUT2D eigenvalue weighted by Crippen LogP contribution is -2.18. The van der Waals surface area contributed by atoms with Crippen molar-refractivity contribution < 1.29 is 9.90 Å². The summed E-state index contributed by atoms with van der Waals surface area (Å²) in [5, 5.41) is 10.7. The number of benzene rings is 1. The van der Waals surface area contributed by atoms with Gasteiger partial charge in [-0.1, -0.05) is 24.3 Å². The molecule has 2 aromatic rings. The zero-order valence-electron chi connectivity index (χ0n) is 11.2. The Balaban J connectivity index is 2.06. The summed E-state index contributed by atoms with van der Waals surface area (Å²) in [6, 6.07) is 7.81. The first-order valence-electron chi connectivity index (χ1n) is 6.19. The third kappa shape index (κ3) is 4.29. The highest BCUT2D eigenvalue weighted by atomic mass is 32.1. The van der Waals surface area contributed by atoms with Crippen LogP contribution in [0.15, 0.2) is 41.2 Å². The Hall–Kier alpha value is -1.98. The highest BCUT2D eigenvalue weighted by molar-refractivity contribution is 7.07. The molecule has 104 valence electrons. The van der Waals surface area contributed by atoms with E-state index < -0.39 is 5.97 Å². The van der Waals surface area contributed by atoms with Gasteiger partial charge in [-0.3, -0.25) is 4.90 Å². The first-order valence-corrected chi connectivity index (χ1v) is 7.14. The van der Waals surface area contributed by atoms with Gasteiger partial charge in [0.2, 0.25) is 0 Å². The van der Waals surface area contributed by atoms with Crippen LogP contribution in [-0.2, 0) is 17.9 Å². The van der Waals surface area contributed by atoms with Crippen molar-refractivity contribution in [1.29, 1.82) is 0 Å². The lowest BCUT2D eigenvalue weighted by molar-refractivity contribution is -0.131. The van der Waals surface area contributed by atoms with Crippen LogP contribution in [0.4, 0.5) is 0 Å². The Morgan fingerprint density at radius 1 is 1.40 bits per heavy atom. The molecule has 20 heavy (non-hydrogen) atoms. The Bertz CT molecular complexity index is 594. The highest BCUT2D eigenvalue weighted by Gasteiger charge is 2.06. The van der Waals surface area contributed by atoms with Crippen molar-refractivity contribution in [2.45, 2.75) is 13.1 Å². The normalized spacial score (nSPS) is 11.3. The third-order valence-corrected chi connectivity index (χ3v) is 3.45. The summed E-state index contributed by atoms with van der Waals surface area (Å²) in [7, 11) is 2.02. The summed E-state index contributed by atoms with van der Waals surface area (Å²) in [6.45, 7) is 1.53. The Morgan fingerprint density at radius 3 is 2.90 bits per heavy atom. The number of rotatable bonds is 6. The van der Waals surface area contributed by atoms with Gasteiger partial charge >= 0.3 is 5.97 Å². The second-order valence-electron chi connectivity index (χ2n) is 4.52. The molecular formula is C15H16N2O2S. The van der Waals surface area contributed by atoms with E-state index in [9.17, 15) is 4.79 Å². The molecule has 1 aromatic heterocycles. The van der Waals surface area contributed by atoms with Crippen molar-refractivity contribution in [3.05, 3.63) is 58.1 Å². The fraction of sp³-hybridized carbons (Fsp3) is 0.200. The van der Waals surface area contributed by atoms with E-state index in [1.165, 1.54) is 6.08 Å². The van der Waals surface area contributed by atoms with E-state index in [4.69, 9.17) is 5.11 Å². The monoisotopic (exact) mass is 288 g/mol. The van der Waals surface area contributed by atoms with Crippen molar-refractivity contribution in [3.8, 4) is 0 Å². The molecule has 1 N–H and O–H groups in total. The summed E-state index contributed by atoms with van der Waals surface area (Å²) < 4.78 is 0. The van der Waals surface area contributed by atoms with E-state index >= 15 is 0 Å². The Labute approximate surface area is 122 Å². The fourth-order valence-corrected chi connectivity index (χ4v) is 2.49. The van der Waals surface area contributed by atoms with Gasteiger partial charge in [0.05, 0.1) is 11.2 Å². The zero-order chi connectivity index (χ0) is 14.4. The SMILES string of the molecule is CN(Cc1cscn1)Cc1ccccc1C=CC(=O)O. The van der Waals surface area contributed by atoms with Crippen molar-refractivity contribution >= 4 is 23.4 Å². The summed E-state index contributed by atoms with van der Waals surface area (Å²) in [6.07, 6.45) is 2.80. The lowest BCUT2D eigenvalue weighted by atomic mass is 10.1. The maximum atomic E-state index is 10.6. The Kier molecular flexibility index (Phi) is 5.03. The average molecular weight is 288 g/mol. The molecule has 2 rings (SSSR count). The molecule has 0 spiro atoms. The Morgan fingerprint density at radius 2 is 2.20 bits per heavy atom. The smallest absolute Gasteiger partial charge is 0.328 e. The minimum absolute atomic E-state index is 0.748. The first-order chi connectivity index (χ1) is 9.65. The van der Waals surface area contributed by atoms with Crippen molar-refractivity contribution in [2.24, 2.45) is 0 Å². The maximum absolute atomic E-state index is 10.6. The van der Waals surface area contributed by atoms with Crippen molar-refractivity contribution in [3.63, 3.8) is 0 Å². The molecule has 1 heterocycles. The van der Waals surface area contributed by atoms with Crippen LogP contribution in [0.25, 0.3) is 6.08 Å². The van der Waals surface area contributed by atoms with Crippen LogP contribution in [0.3, 0.4) is 0 Å². The van der Waals surface area contributed by atoms with Crippen molar-refractivity contribution in [1.82, 2.24) is 9.88 Å². The van der Waals surface area contributed by atoms with Crippen LogP contribution in [0.1, 0.15) is 16.8 Å². The molecule has 0 bridgehead atoms. The largest absolute Gasteiger partial charge is 0.478 e. The molecule has 0 aliphatic heterocycles. The van der Waals surface area contributed by atoms with Gasteiger partial charge in [-0.15, -0.1) is 11.3 Å². The molecule has 0 fully saturated rings. The summed E-state index contributed by atoms with van der Waals surface area (Å²) in [5.41, 5.74) is 4.91. The van der Waals surface area contributed by atoms with Gasteiger partial charge in [-0.05, 0) is 24.3 Å². The van der Waals surface area contributed by atoms with E-state index in [1.807, 2.05) is 42.2 Å². The fourth-order valence-electron chi connectivity index (χ4n) is 1.94. The second-order valence-corrected chi connectivity index (χ2v) is 5.24. The molecule has 0 saturated heterocycles. The highest BCUT2D eigenvalue weighted by Crippen LogP contribution is 2.14. The van der Waals surface area contributed by atoms with Gasteiger partial charge in [0.25, 0.3) is 0 Å². The van der Waals surface area contributed by atoms with Crippen LogP contribution < -0.4 is 0 Å². The van der Waals surface area contributed by atoms with Gasteiger partial charge in [0.1, 0.15) is 0 Å². The molecule has 0 amide bonds. The van der Waals surface area contributed by atoms with Crippen LogP contribution >= 0.6 is 11.3 Å². The summed E-state index contributed by atoms with van der Waals surface area (Å²) >= 11 is 1.59. The average Bonchev–Trinajstić information content (AvgIpc) is 2.90. The van der Waals surface area contributed by atoms with E-state index in [-0.39, 0.29) is 0 Å². The third-order valence-electron chi connectivity index (χ3n) is 2.82. The van der Waals surface area contributed by atoms with Gasteiger partial charge in [0.15, 0.2) is 0 Å².